The first kappa shape index (κ1) is 52.7. The van der Waals surface area contributed by atoms with Gasteiger partial charge in [0.25, 0.3) is 0 Å². The molecule has 10 nitrogen and oxygen atoms in total. The minimum atomic E-state index is -4.62. The number of hydrogen-bond donors (Lipinski definition) is 3. The SMILES string of the molecule is CC/C=C\C/C=C\C/C=C\CCCCCCCCCC(=O)OC(COCCCCCCCC/C=C\C/C=C\CCCCC)COP(=O)(O)OCC(N)C(=O)O. The molecular formula is C44H78NO9P. The lowest BCUT2D eigenvalue weighted by Gasteiger charge is -2.20. The summed E-state index contributed by atoms with van der Waals surface area (Å²) < 4.78 is 33.3. The molecule has 3 unspecified atom stereocenters. The van der Waals surface area contributed by atoms with E-state index in [1.54, 1.807) is 0 Å². The van der Waals surface area contributed by atoms with Crippen LogP contribution in [0.1, 0.15) is 168 Å². The van der Waals surface area contributed by atoms with Crippen LogP contribution in [0.15, 0.2) is 60.8 Å². The summed E-state index contributed by atoms with van der Waals surface area (Å²) in [5.41, 5.74) is 5.35. The summed E-state index contributed by atoms with van der Waals surface area (Å²) >= 11 is 0. The first-order chi connectivity index (χ1) is 26.7. The minimum absolute atomic E-state index is 0.00315. The molecule has 0 aliphatic heterocycles. The number of allylic oxidation sites excluding steroid dienone is 10. The molecule has 55 heavy (non-hydrogen) atoms. The van der Waals surface area contributed by atoms with Crippen LogP contribution < -0.4 is 5.73 Å². The topological polar surface area (TPSA) is 155 Å². The number of phosphoric ester groups is 1. The maximum atomic E-state index is 12.6. The van der Waals surface area contributed by atoms with Crippen molar-refractivity contribution in [3.8, 4) is 0 Å². The highest BCUT2D eigenvalue weighted by Crippen LogP contribution is 2.43. The standard InChI is InChI=1S/C44H78NO9P/c1-3-5-7-9-11-13-15-17-19-21-22-24-26-28-30-32-34-36-43(46)54-41(39-52-55(49,50)53-40-42(45)44(47)48)38-51-37-35-33-31-29-27-25-23-20-18-16-14-12-10-8-6-4-2/h5,7,11-14,17-20,41-42H,3-4,6,8-10,15-16,21-40,45H2,1-2H3,(H,47,48)(H,49,50)/b7-5-,13-11-,14-12-,19-17-,20-18-. The number of unbranched alkanes of at least 4 members (excludes halogenated alkanes) is 16. The molecule has 0 spiro atoms. The van der Waals surface area contributed by atoms with E-state index in [9.17, 15) is 19.0 Å². The van der Waals surface area contributed by atoms with Crippen LogP contribution in [-0.2, 0) is 32.7 Å². The fourth-order valence-corrected chi connectivity index (χ4v) is 6.25. The maximum Gasteiger partial charge on any atom is 0.472 e. The van der Waals surface area contributed by atoms with Crippen LogP contribution in [0.5, 0.6) is 0 Å². The Hall–Kier alpha value is -2.33. The average Bonchev–Trinajstić information content (AvgIpc) is 3.16. The lowest BCUT2D eigenvalue weighted by molar-refractivity contribution is -0.154. The molecule has 0 aromatic heterocycles. The van der Waals surface area contributed by atoms with E-state index >= 15 is 0 Å². The Kier molecular flexibility index (Phi) is 38.2. The van der Waals surface area contributed by atoms with Crippen LogP contribution in [0.3, 0.4) is 0 Å². The summed E-state index contributed by atoms with van der Waals surface area (Å²) in [5, 5.41) is 8.89. The zero-order chi connectivity index (χ0) is 40.5. The van der Waals surface area contributed by atoms with Gasteiger partial charge in [-0.2, -0.15) is 0 Å². The quantitative estimate of drug-likeness (QED) is 0.0236. The number of hydrogen-bond acceptors (Lipinski definition) is 8. The minimum Gasteiger partial charge on any atom is -0.480 e. The van der Waals surface area contributed by atoms with E-state index < -0.39 is 45.1 Å². The number of nitrogens with two attached hydrogens (primary N) is 1. The summed E-state index contributed by atoms with van der Waals surface area (Å²) in [7, 11) is -4.62. The predicted octanol–water partition coefficient (Wildman–Crippen LogP) is 11.6. The molecule has 0 saturated carbocycles. The van der Waals surface area contributed by atoms with Crippen molar-refractivity contribution in [2.45, 2.75) is 180 Å². The highest BCUT2D eigenvalue weighted by atomic mass is 31.2. The lowest BCUT2D eigenvalue weighted by atomic mass is 10.1. The van der Waals surface area contributed by atoms with Gasteiger partial charge in [0, 0.05) is 13.0 Å². The molecule has 0 aromatic carbocycles. The molecule has 0 aliphatic rings. The number of ether oxygens (including phenoxy) is 2. The Labute approximate surface area is 334 Å². The van der Waals surface area contributed by atoms with Gasteiger partial charge in [-0.05, 0) is 77.0 Å². The van der Waals surface area contributed by atoms with E-state index in [0.717, 1.165) is 77.0 Å². The van der Waals surface area contributed by atoms with Crippen LogP contribution >= 0.6 is 7.82 Å². The largest absolute Gasteiger partial charge is 0.480 e. The maximum absolute atomic E-state index is 12.6. The summed E-state index contributed by atoms with van der Waals surface area (Å²) in [6.07, 6.45) is 46.9. The number of phosphoric acid groups is 1. The number of carbonyl (C=O) groups is 2. The highest BCUT2D eigenvalue weighted by Gasteiger charge is 2.27. The molecule has 0 amide bonds. The van der Waals surface area contributed by atoms with E-state index in [1.165, 1.54) is 64.2 Å². The van der Waals surface area contributed by atoms with Crippen molar-refractivity contribution < 1.29 is 42.7 Å². The van der Waals surface area contributed by atoms with E-state index in [1.807, 2.05) is 0 Å². The van der Waals surface area contributed by atoms with Crippen molar-refractivity contribution in [1.29, 1.82) is 0 Å². The second kappa shape index (κ2) is 39.9. The molecule has 0 saturated heterocycles. The summed E-state index contributed by atoms with van der Waals surface area (Å²) in [6, 6.07) is -1.48. The molecule has 3 atom stereocenters. The van der Waals surface area contributed by atoms with Gasteiger partial charge in [-0.15, -0.1) is 0 Å². The lowest BCUT2D eigenvalue weighted by Crippen LogP contribution is -2.34. The molecule has 318 valence electrons. The predicted molar refractivity (Wildman–Crippen MR) is 226 cm³/mol. The molecule has 0 radical (unpaired) electrons. The third-order valence-electron chi connectivity index (χ3n) is 8.78. The second-order valence-corrected chi connectivity index (χ2v) is 15.5. The molecular weight excluding hydrogens is 717 g/mol. The van der Waals surface area contributed by atoms with Gasteiger partial charge >= 0.3 is 19.8 Å². The number of aliphatic carboxylic acids is 1. The van der Waals surface area contributed by atoms with Crippen molar-refractivity contribution in [2.75, 3.05) is 26.4 Å². The van der Waals surface area contributed by atoms with Gasteiger partial charge in [-0.3, -0.25) is 18.6 Å². The number of esters is 1. The molecule has 0 rings (SSSR count). The van der Waals surface area contributed by atoms with Crippen molar-refractivity contribution >= 4 is 19.8 Å². The Bertz CT molecular complexity index is 1100. The fourth-order valence-electron chi connectivity index (χ4n) is 5.47. The Morgan fingerprint density at radius 2 is 1.05 bits per heavy atom. The Morgan fingerprint density at radius 1 is 0.600 bits per heavy atom. The van der Waals surface area contributed by atoms with E-state index in [4.69, 9.17) is 29.4 Å². The third kappa shape index (κ3) is 39.7. The van der Waals surface area contributed by atoms with Gasteiger partial charge < -0.3 is 25.2 Å². The molecule has 0 aliphatic carbocycles. The van der Waals surface area contributed by atoms with Crippen molar-refractivity contribution in [3.05, 3.63) is 60.8 Å². The van der Waals surface area contributed by atoms with Gasteiger partial charge in [-0.25, -0.2) is 4.57 Å². The van der Waals surface area contributed by atoms with Crippen molar-refractivity contribution in [2.24, 2.45) is 5.73 Å². The van der Waals surface area contributed by atoms with E-state index in [-0.39, 0.29) is 13.0 Å². The Morgan fingerprint density at radius 3 is 1.58 bits per heavy atom. The zero-order valence-electron chi connectivity index (χ0n) is 34.5. The third-order valence-corrected chi connectivity index (χ3v) is 9.73. The smallest absolute Gasteiger partial charge is 0.472 e. The normalized spacial score (nSPS) is 14.5. The van der Waals surface area contributed by atoms with E-state index in [0.29, 0.717) is 13.0 Å². The molecule has 0 aromatic rings. The number of rotatable bonds is 40. The first-order valence-electron chi connectivity index (χ1n) is 21.3. The van der Waals surface area contributed by atoms with Crippen LogP contribution in [0, 0.1) is 0 Å². The first-order valence-corrected chi connectivity index (χ1v) is 22.8. The zero-order valence-corrected chi connectivity index (χ0v) is 35.4. The average molecular weight is 796 g/mol. The molecule has 0 heterocycles. The Balaban J connectivity index is 4.29. The molecule has 4 N–H and O–H groups in total. The van der Waals surface area contributed by atoms with Gasteiger partial charge in [0.1, 0.15) is 12.1 Å². The van der Waals surface area contributed by atoms with Gasteiger partial charge in [0.05, 0.1) is 19.8 Å². The van der Waals surface area contributed by atoms with Crippen LogP contribution in [0.2, 0.25) is 0 Å². The van der Waals surface area contributed by atoms with Crippen LogP contribution in [0.4, 0.5) is 0 Å². The number of carboxylic acids is 1. The van der Waals surface area contributed by atoms with Gasteiger partial charge in [0.15, 0.2) is 0 Å². The summed E-state index contributed by atoms with van der Waals surface area (Å²) in [6.45, 7) is 3.70. The molecule has 0 bridgehead atoms. The van der Waals surface area contributed by atoms with Crippen LogP contribution in [-0.4, -0.2) is 60.5 Å². The number of carbonyl (C=O) groups excluding carboxylic acids is 1. The van der Waals surface area contributed by atoms with Gasteiger partial charge in [0.2, 0.25) is 0 Å². The second-order valence-electron chi connectivity index (χ2n) is 14.1. The summed E-state index contributed by atoms with van der Waals surface area (Å²) in [4.78, 5) is 33.5. The highest BCUT2D eigenvalue weighted by molar-refractivity contribution is 7.47. The van der Waals surface area contributed by atoms with Crippen LogP contribution in [0.25, 0.3) is 0 Å². The van der Waals surface area contributed by atoms with Gasteiger partial charge in [-0.1, -0.05) is 145 Å². The fraction of sp³-hybridized carbons (Fsp3) is 0.727. The number of carboxylic acid groups (broad SMARTS) is 1. The monoisotopic (exact) mass is 796 g/mol. The molecule has 0 fully saturated rings. The molecule has 11 heteroatoms. The van der Waals surface area contributed by atoms with Crippen molar-refractivity contribution in [1.82, 2.24) is 0 Å². The van der Waals surface area contributed by atoms with Crippen molar-refractivity contribution in [3.63, 3.8) is 0 Å². The van der Waals surface area contributed by atoms with E-state index in [2.05, 4.69) is 74.6 Å². The summed E-state index contributed by atoms with van der Waals surface area (Å²) in [5.74, 6) is -1.80.